The van der Waals surface area contributed by atoms with Gasteiger partial charge in [-0.05, 0) is 31.2 Å². The number of rotatable bonds is 7. The quantitative estimate of drug-likeness (QED) is 0.657. The van der Waals surface area contributed by atoms with Gasteiger partial charge in [0.1, 0.15) is 5.78 Å². The van der Waals surface area contributed by atoms with Crippen molar-refractivity contribution in [1.29, 1.82) is 0 Å². The summed E-state index contributed by atoms with van der Waals surface area (Å²) in [6, 6.07) is 10.3. The Morgan fingerprint density at radius 3 is 2.40 bits per heavy atom. The van der Waals surface area contributed by atoms with Crippen molar-refractivity contribution >= 4 is 11.8 Å². The van der Waals surface area contributed by atoms with Gasteiger partial charge in [0.25, 0.3) is 5.97 Å². The number of Topliss-reactive ketones (excluding diaryl/α,β-unsaturated/α-hetero) is 1. The first-order valence-electron chi connectivity index (χ1n) is 8.99. The van der Waals surface area contributed by atoms with Gasteiger partial charge in [-0.2, -0.15) is 0 Å². The molecule has 1 aliphatic carbocycles. The van der Waals surface area contributed by atoms with E-state index < -0.39 is 18.2 Å². The second-order valence-corrected chi connectivity index (χ2v) is 6.65. The van der Waals surface area contributed by atoms with E-state index in [-0.39, 0.29) is 24.0 Å². The second-order valence-electron chi connectivity index (χ2n) is 6.65. The van der Waals surface area contributed by atoms with E-state index in [4.69, 9.17) is 9.90 Å². The van der Waals surface area contributed by atoms with E-state index in [1.165, 1.54) is 5.56 Å². The molecule has 2 rings (SSSR count). The molecule has 1 aromatic carbocycles. The lowest BCUT2D eigenvalue weighted by molar-refractivity contribution is -0.134. The Morgan fingerprint density at radius 2 is 1.84 bits per heavy atom. The molecular formula is C20H30O5. The Labute approximate surface area is 149 Å². The van der Waals surface area contributed by atoms with E-state index in [0.717, 1.165) is 26.2 Å². The van der Waals surface area contributed by atoms with Crippen LogP contribution in [0.15, 0.2) is 30.3 Å². The second kappa shape index (κ2) is 11.0. The number of hydrogen-bond donors (Lipinski definition) is 3. The first kappa shape index (κ1) is 21.3. The van der Waals surface area contributed by atoms with E-state index in [0.29, 0.717) is 12.8 Å². The Morgan fingerprint density at radius 1 is 1.24 bits per heavy atom. The largest absolute Gasteiger partial charge is 0.481 e. The van der Waals surface area contributed by atoms with E-state index in [2.05, 4.69) is 12.1 Å². The number of benzene rings is 1. The molecular weight excluding hydrogens is 320 g/mol. The number of ketones is 1. The highest BCUT2D eigenvalue weighted by molar-refractivity contribution is 5.84. The van der Waals surface area contributed by atoms with Crippen LogP contribution in [0.5, 0.6) is 0 Å². The highest BCUT2D eigenvalue weighted by Crippen LogP contribution is 2.35. The van der Waals surface area contributed by atoms with Gasteiger partial charge in [0.15, 0.2) is 0 Å². The molecule has 0 amide bonds. The molecule has 1 unspecified atom stereocenters. The van der Waals surface area contributed by atoms with Crippen molar-refractivity contribution in [3.63, 3.8) is 0 Å². The molecule has 0 radical (unpaired) electrons. The van der Waals surface area contributed by atoms with Crippen LogP contribution in [0.3, 0.4) is 0 Å². The number of carbonyl (C=O) groups is 2. The first-order chi connectivity index (χ1) is 11.9. The maximum atomic E-state index is 11.8. The van der Waals surface area contributed by atoms with Crippen LogP contribution in [0, 0.1) is 11.8 Å². The van der Waals surface area contributed by atoms with Gasteiger partial charge in [0, 0.05) is 25.2 Å². The van der Waals surface area contributed by atoms with Gasteiger partial charge in [-0.15, -0.1) is 0 Å². The fraction of sp³-hybridized carbons (Fsp3) is 0.600. The summed E-state index contributed by atoms with van der Waals surface area (Å²) in [4.78, 5) is 20.8. The molecule has 25 heavy (non-hydrogen) atoms. The molecule has 3 N–H and O–H groups in total. The van der Waals surface area contributed by atoms with Gasteiger partial charge in [-0.3, -0.25) is 9.59 Å². The summed E-state index contributed by atoms with van der Waals surface area (Å²) < 4.78 is 0. The lowest BCUT2D eigenvalue weighted by Crippen LogP contribution is -2.32. The molecule has 0 aromatic heterocycles. The number of aryl methyl sites for hydroxylation is 1. The molecule has 0 heterocycles. The average Bonchev–Trinajstić information content (AvgIpc) is 2.85. The third-order valence-corrected chi connectivity index (χ3v) is 4.68. The zero-order valence-corrected chi connectivity index (χ0v) is 15.1. The van der Waals surface area contributed by atoms with Crippen molar-refractivity contribution in [2.45, 2.75) is 64.6 Å². The van der Waals surface area contributed by atoms with Gasteiger partial charge >= 0.3 is 0 Å². The monoisotopic (exact) mass is 350 g/mol. The molecule has 0 saturated heterocycles. The number of carboxylic acid groups (broad SMARTS) is 1. The highest BCUT2D eigenvalue weighted by atomic mass is 16.4. The fourth-order valence-corrected chi connectivity index (χ4v) is 3.52. The predicted molar refractivity (Wildman–Crippen MR) is 96.2 cm³/mol. The van der Waals surface area contributed by atoms with Crippen molar-refractivity contribution in [2.75, 3.05) is 0 Å². The number of unbranched alkanes of at least 4 members (excludes halogenated alkanes) is 1. The van der Waals surface area contributed by atoms with Crippen molar-refractivity contribution in [2.24, 2.45) is 11.8 Å². The van der Waals surface area contributed by atoms with E-state index in [1.807, 2.05) is 25.1 Å². The number of carboxylic acids is 1. The van der Waals surface area contributed by atoms with Crippen molar-refractivity contribution < 1.29 is 24.9 Å². The summed E-state index contributed by atoms with van der Waals surface area (Å²) in [5, 5.41) is 27.7. The van der Waals surface area contributed by atoms with E-state index in [9.17, 15) is 15.0 Å². The zero-order valence-electron chi connectivity index (χ0n) is 15.1. The van der Waals surface area contributed by atoms with Crippen LogP contribution in [0.4, 0.5) is 0 Å². The van der Waals surface area contributed by atoms with Crippen LogP contribution in [0.1, 0.15) is 51.5 Å². The van der Waals surface area contributed by atoms with Crippen LogP contribution in [-0.2, 0) is 16.0 Å². The minimum Gasteiger partial charge on any atom is -0.481 e. The Kier molecular flexibility index (Phi) is 9.39. The SMILES string of the molecule is CC(=O)O.CC[C@H]1C(=O)C[C@@H](O)[C@H]1C(O)CCCCc1ccccc1. The summed E-state index contributed by atoms with van der Waals surface area (Å²) in [7, 11) is 0. The summed E-state index contributed by atoms with van der Waals surface area (Å²) in [5.41, 5.74) is 1.31. The minimum absolute atomic E-state index is 0.110. The lowest BCUT2D eigenvalue weighted by Gasteiger charge is -2.25. The lowest BCUT2D eigenvalue weighted by atomic mass is 9.85. The van der Waals surface area contributed by atoms with Gasteiger partial charge in [-0.1, -0.05) is 43.7 Å². The standard InChI is InChI=1S/C18H26O3.C2H4O2/c1-2-14-16(20)12-17(21)18(14)15(19)11-7-6-10-13-8-4-3-5-9-13;1-2(3)4/h3-5,8-9,14-15,17-19,21H,2,6-7,10-12H2,1H3;1H3,(H,3,4)/t14-,15?,17+,18+;/m0./s1. The maximum Gasteiger partial charge on any atom is 0.300 e. The molecule has 4 atom stereocenters. The predicted octanol–water partition coefficient (Wildman–Crippen LogP) is 2.83. The van der Waals surface area contributed by atoms with Gasteiger partial charge < -0.3 is 15.3 Å². The molecule has 1 fully saturated rings. The minimum atomic E-state index is -0.833. The van der Waals surface area contributed by atoms with Crippen molar-refractivity contribution in [3.05, 3.63) is 35.9 Å². The Balaban J connectivity index is 0.000000705. The first-order valence-corrected chi connectivity index (χ1v) is 8.99. The number of aliphatic hydroxyl groups is 2. The summed E-state index contributed by atoms with van der Waals surface area (Å²) in [6.45, 7) is 3.04. The van der Waals surface area contributed by atoms with Crippen LogP contribution in [0.25, 0.3) is 0 Å². The molecule has 0 aliphatic heterocycles. The molecule has 5 heteroatoms. The topological polar surface area (TPSA) is 94.8 Å². The fourth-order valence-electron chi connectivity index (χ4n) is 3.52. The summed E-state index contributed by atoms with van der Waals surface area (Å²) in [5.74, 6) is -1.15. The average molecular weight is 350 g/mol. The van der Waals surface area contributed by atoms with Gasteiger partial charge in [0.2, 0.25) is 0 Å². The smallest absolute Gasteiger partial charge is 0.300 e. The van der Waals surface area contributed by atoms with Crippen LogP contribution in [-0.4, -0.2) is 39.3 Å². The van der Waals surface area contributed by atoms with Crippen molar-refractivity contribution in [1.82, 2.24) is 0 Å². The molecule has 140 valence electrons. The molecule has 0 bridgehead atoms. The normalized spacial score (nSPS) is 23.7. The molecule has 0 spiro atoms. The van der Waals surface area contributed by atoms with Crippen LogP contribution < -0.4 is 0 Å². The molecule has 1 aromatic rings. The molecule has 5 nitrogen and oxygen atoms in total. The van der Waals surface area contributed by atoms with Crippen LogP contribution in [0.2, 0.25) is 0 Å². The number of aliphatic carboxylic acids is 1. The molecule has 1 saturated carbocycles. The summed E-state index contributed by atoms with van der Waals surface area (Å²) >= 11 is 0. The molecule has 1 aliphatic rings. The number of carbonyl (C=O) groups excluding carboxylic acids is 1. The van der Waals surface area contributed by atoms with Crippen molar-refractivity contribution in [3.8, 4) is 0 Å². The third kappa shape index (κ3) is 7.36. The highest BCUT2D eigenvalue weighted by Gasteiger charge is 2.43. The number of aliphatic hydroxyl groups excluding tert-OH is 2. The van der Waals surface area contributed by atoms with Crippen LogP contribution >= 0.6 is 0 Å². The summed E-state index contributed by atoms with van der Waals surface area (Å²) in [6.07, 6.45) is 3.32. The zero-order chi connectivity index (χ0) is 18.8. The Bertz CT molecular complexity index is 524. The maximum absolute atomic E-state index is 11.8. The van der Waals surface area contributed by atoms with Gasteiger partial charge in [-0.25, -0.2) is 0 Å². The number of hydrogen-bond acceptors (Lipinski definition) is 4. The van der Waals surface area contributed by atoms with E-state index >= 15 is 0 Å². The van der Waals surface area contributed by atoms with E-state index in [1.54, 1.807) is 0 Å². The van der Waals surface area contributed by atoms with Gasteiger partial charge in [0.05, 0.1) is 12.2 Å². The third-order valence-electron chi connectivity index (χ3n) is 4.68. The Hall–Kier alpha value is -1.72.